The lowest BCUT2D eigenvalue weighted by atomic mass is 10.1. The van der Waals surface area contributed by atoms with Crippen LogP contribution in [0.25, 0.3) is 0 Å². The maximum atomic E-state index is 13.1. The number of rotatable bonds is 8. The highest BCUT2D eigenvalue weighted by Crippen LogP contribution is 2.52. The summed E-state index contributed by atoms with van der Waals surface area (Å²) in [6.07, 6.45) is 0.613. The molecule has 1 aliphatic rings. The number of hydrogen-bond acceptors (Lipinski definition) is 4. The van der Waals surface area contributed by atoms with Crippen LogP contribution in [-0.4, -0.2) is 42.6 Å². The lowest BCUT2D eigenvalue weighted by molar-refractivity contribution is -0.145. The lowest BCUT2D eigenvalue weighted by Crippen LogP contribution is -2.36. The van der Waals surface area contributed by atoms with Crippen LogP contribution in [0, 0.1) is 11.7 Å². The highest BCUT2D eigenvalue weighted by atomic mass is 19.1. The number of hydrogen-bond donors (Lipinski definition) is 1. The highest BCUT2D eigenvalue weighted by Gasteiger charge is 2.47. The molecule has 1 N–H and O–H groups in total. The zero-order valence-electron chi connectivity index (χ0n) is 15.7. The van der Waals surface area contributed by atoms with Crippen LogP contribution in [0.3, 0.4) is 0 Å². The molecule has 0 bridgehead atoms. The van der Waals surface area contributed by atoms with Gasteiger partial charge in [0.05, 0.1) is 14.2 Å². The monoisotopic (exact) mass is 387 g/mol. The Morgan fingerprint density at radius 3 is 2.46 bits per heavy atom. The Hall–Kier alpha value is -3.09. The second kappa shape index (κ2) is 8.29. The number of nitrogens with zero attached hydrogens (tertiary/aromatic N) is 1. The summed E-state index contributed by atoms with van der Waals surface area (Å²) in [6.45, 7) is -0.293. The van der Waals surface area contributed by atoms with E-state index in [9.17, 15) is 19.1 Å². The van der Waals surface area contributed by atoms with E-state index in [2.05, 4.69) is 0 Å². The van der Waals surface area contributed by atoms with E-state index < -0.39 is 12.5 Å². The molecule has 0 aromatic heterocycles. The Kier molecular flexibility index (Phi) is 5.82. The SMILES string of the molecule is COc1ccc(OC)c(C2CC2C(=O)N(CC(=O)O)Cc2ccc(F)cc2)c1. The molecule has 6 nitrogen and oxygen atoms in total. The van der Waals surface area contributed by atoms with Crippen molar-refractivity contribution in [2.75, 3.05) is 20.8 Å². The summed E-state index contributed by atoms with van der Waals surface area (Å²) in [6, 6.07) is 11.1. The first-order chi connectivity index (χ1) is 13.4. The number of carbonyl (C=O) groups is 2. The van der Waals surface area contributed by atoms with Gasteiger partial charge in [0.1, 0.15) is 23.9 Å². The van der Waals surface area contributed by atoms with Gasteiger partial charge in [-0.25, -0.2) is 4.39 Å². The fraction of sp³-hybridized carbons (Fsp3) is 0.333. The van der Waals surface area contributed by atoms with Gasteiger partial charge in [0.2, 0.25) is 5.91 Å². The first kappa shape index (κ1) is 19.7. The summed E-state index contributed by atoms with van der Waals surface area (Å²) in [4.78, 5) is 25.5. The largest absolute Gasteiger partial charge is 0.497 e. The van der Waals surface area contributed by atoms with Crippen LogP contribution in [0.15, 0.2) is 42.5 Å². The Balaban J connectivity index is 1.77. The molecule has 3 rings (SSSR count). The second-order valence-electron chi connectivity index (χ2n) is 6.77. The van der Waals surface area contributed by atoms with Crippen LogP contribution < -0.4 is 9.47 Å². The van der Waals surface area contributed by atoms with Crippen LogP contribution in [0.2, 0.25) is 0 Å². The third-order valence-corrected chi connectivity index (χ3v) is 4.87. The van der Waals surface area contributed by atoms with E-state index in [1.165, 1.54) is 17.0 Å². The first-order valence-corrected chi connectivity index (χ1v) is 8.90. The van der Waals surface area contributed by atoms with Gasteiger partial charge in [0, 0.05) is 23.9 Å². The normalized spacial score (nSPS) is 17.7. The minimum Gasteiger partial charge on any atom is -0.497 e. The molecular weight excluding hydrogens is 365 g/mol. The first-order valence-electron chi connectivity index (χ1n) is 8.90. The van der Waals surface area contributed by atoms with Crippen LogP contribution in [0.5, 0.6) is 11.5 Å². The maximum absolute atomic E-state index is 13.1. The van der Waals surface area contributed by atoms with Crippen LogP contribution in [0.4, 0.5) is 4.39 Å². The summed E-state index contributed by atoms with van der Waals surface area (Å²) in [5.74, 6) is -0.740. The number of carboxylic acids is 1. The van der Waals surface area contributed by atoms with Crippen molar-refractivity contribution in [2.24, 2.45) is 5.92 Å². The molecule has 0 heterocycles. The number of carbonyl (C=O) groups excluding carboxylic acids is 1. The van der Waals surface area contributed by atoms with Gasteiger partial charge in [-0.3, -0.25) is 9.59 Å². The number of methoxy groups -OCH3 is 2. The summed E-state index contributed by atoms with van der Waals surface area (Å²) in [5.41, 5.74) is 1.55. The molecule has 2 unspecified atom stereocenters. The number of amides is 1. The molecule has 148 valence electrons. The molecule has 1 amide bonds. The Morgan fingerprint density at radius 2 is 1.86 bits per heavy atom. The van der Waals surface area contributed by atoms with Crippen molar-refractivity contribution in [3.63, 3.8) is 0 Å². The van der Waals surface area contributed by atoms with E-state index in [1.54, 1.807) is 38.5 Å². The highest BCUT2D eigenvalue weighted by molar-refractivity contribution is 5.86. The fourth-order valence-corrected chi connectivity index (χ4v) is 3.36. The van der Waals surface area contributed by atoms with Gasteiger partial charge >= 0.3 is 5.97 Å². The minimum atomic E-state index is -1.09. The van der Waals surface area contributed by atoms with E-state index in [1.807, 2.05) is 6.07 Å². The van der Waals surface area contributed by atoms with Gasteiger partial charge in [-0.05, 0) is 42.3 Å². The molecule has 28 heavy (non-hydrogen) atoms. The predicted molar refractivity (Wildman–Crippen MR) is 99.8 cm³/mol. The molecule has 0 radical (unpaired) electrons. The molecule has 0 aliphatic heterocycles. The number of benzene rings is 2. The van der Waals surface area contributed by atoms with E-state index >= 15 is 0 Å². The smallest absolute Gasteiger partial charge is 0.323 e. The molecular formula is C21H22FNO5. The zero-order chi connectivity index (χ0) is 20.3. The standard InChI is InChI=1S/C21H22FNO5/c1-27-15-7-8-19(28-2)17(9-15)16-10-18(16)21(26)23(12-20(24)25)11-13-3-5-14(22)6-4-13/h3-9,16,18H,10-12H2,1-2H3,(H,24,25). The van der Waals surface area contributed by atoms with E-state index in [0.717, 1.165) is 5.56 Å². The topological polar surface area (TPSA) is 76.1 Å². The zero-order valence-corrected chi connectivity index (χ0v) is 15.7. The Morgan fingerprint density at radius 1 is 1.14 bits per heavy atom. The van der Waals surface area contributed by atoms with Gasteiger partial charge in [-0.2, -0.15) is 0 Å². The van der Waals surface area contributed by atoms with Crippen molar-refractivity contribution in [3.8, 4) is 11.5 Å². The summed E-state index contributed by atoms with van der Waals surface area (Å²) in [7, 11) is 3.13. The quantitative estimate of drug-likeness (QED) is 0.753. The predicted octanol–water partition coefficient (Wildman–Crippen LogP) is 3.06. The van der Waals surface area contributed by atoms with Gasteiger partial charge in [-0.1, -0.05) is 12.1 Å². The van der Waals surface area contributed by atoms with Crippen molar-refractivity contribution >= 4 is 11.9 Å². The van der Waals surface area contributed by atoms with E-state index in [0.29, 0.717) is 23.5 Å². The van der Waals surface area contributed by atoms with Crippen molar-refractivity contribution < 1.29 is 28.6 Å². The van der Waals surface area contributed by atoms with Crippen molar-refractivity contribution in [3.05, 3.63) is 59.4 Å². The third-order valence-electron chi connectivity index (χ3n) is 4.87. The Bertz CT molecular complexity index is 868. The summed E-state index contributed by atoms with van der Waals surface area (Å²) >= 11 is 0. The van der Waals surface area contributed by atoms with Crippen LogP contribution in [-0.2, 0) is 16.1 Å². The van der Waals surface area contributed by atoms with Crippen LogP contribution in [0.1, 0.15) is 23.5 Å². The molecule has 0 spiro atoms. The molecule has 1 saturated carbocycles. The van der Waals surface area contributed by atoms with Gasteiger partial charge < -0.3 is 19.5 Å². The fourth-order valence-electron chi connectivity index (χ4n) is 3.36. The summed E-state index contributed by atoms with van der Waals surface area (Å²) < 4.78 is 23.8. The van der Waals surface area contributed by atoms with E-state index in [4.69, 9.17) is 9.47 Å². The molecule has 0 saturated heterocycles. The van der Waals surface area contributed by atoms with Crippen molar-refractivity contribution in [1.29, 1.82) is 0 Å². The second-order valence-corrected chi connectivity index (χ2v) is 6.77. The minimum absolute atomic E-state index is 0.0536. The number of aliphatic carboxylic acids is 1. The summed E-state index contributed by atoms with van der Waals surface area (Å²) in [5, 5.41) is 9.20. The molecule has 2 atom stereocenters. The number of carboxylic acid groups (broad SMARTS) is 1. The molecule has 1 fully saturated rings. The number of halogens is 1. The van der Waals surface area contributed by atoms with Crippen LogP contribution >= 0.6 is 0 Å². The van der Waals surface area contributed by atoms with Gasteiger partial charge in [-0.15, -0.1) is 0 Å². The van der Waals surface area contributed by atoms with Crippen molar-refractivity contribution in [1.82, 2.24) is 4.90 Å². The third kappa shape index (κ3) is 4.42. The average molecular weight is 387 g/mol. The molecule has 1 aliphatic carbocycles. The Labute approximate surface area is 162 Å². The van der Waals surface area contributed by atoms with Gasteiger partial charge in [0.25, 0.3) is 0 Å². The van der Waals surface area contributed by atoms with Crippen molar-refractivity contribution in [2.45, 2.75) is 18.9 Å². The van der Waals surface area contributed by atoms with E-state index in [-0.39, 0.29) is 30.1 Å². The average Bonchev–Trinajstić information content (AvgIpc) is 3.48. The van der Waals surface area contributed by atoms with Gasteiger partial charge in [0.15, 0.2) is 0 Å². The maximum Gasteiger partial charge on any atom is 0.323 e. The number of ether oxygens (including phenoxy) is 2. The molecule has 2 aromatic carbocycles. The molecule has 2 aromatic rings. The molecule has 7 heteroatoms. The lowest BCUT2D eigenvalue weighted by Gasteiger charge is -2.21.